The molecule has 1 aromatic heterocycles. The van der Waals surface area contributed by atoms with Gasteiger partial charge in [-0.1, -0.05) is 20.8 Å². The second-order valence-electron chi connectivity index (χ2n) is 6.28. The number of nitrogens with two attached hydrogens (primary N) is 1. The summed E-state index contributed by atoms with van der Waals surface area (Å²) in [5, 5.41) is 3.27. The van der Waals surface area contributed by atoms with Crippen molar-refractivity contribution in [3.8, 4) is 0 Å². The normalized spacial score (nSPS) is 25.8. The molecule has 1 aliphatic rings. The van der Waals surface area contributed by atoms with E-state index in [0.717, 1.165) is 25.7 Å². The Kier molecular flexibility index (Phi) is 4.75. The second-order valence-corrected chi connectivity index (χ2v) is 6.28. The highest BCUT2D eigenvalue weighted by atomic mass is 16.2. The number of nitrogens with zero attached hydrogens (tertiary/aromatic N) is 1. The average Bonchev–Trinajstić information content (AvgIpc) is 2.43. The first-order valence-corrected chi connectivity index (χ1v) is 7.83. The van der Waals surface area contributed by atoms with E-state index in [1.807, 2.05) is 6.92 Å². The van der Waals surface area contributed by atoms with E-state index in [9.17, 15) is 9.59 Å². The molecule has 0 aliphatic heterocycles. The third-order valence-electron chi connectivity index (χ3n) is 4.63. The summed E-state index contributed by atoms with van der Waals surface area (Å²) in [6.45, 7) is 6.98. The van der Waals surface area contributed by atoms with Crippen LogP contribution in [0.4, 0.5) is 11.5 Å². The van der Waals surface area contributed by atoms with Crippen LogP contribution < -0.4 is 22.3 Å². The van der Waals surface area contributed by atoms with E-state index < -0.39 is 11.2 Å². The van der Waals surface area contributed by atoms with Gasteiger partial charge in [0.2, 0.25) is 0 Å². The van der Waals surface area contributed by atoms with Crippen molar-refractivity contribution in [2.45, 2.75) is 59.0 Å². The molecule has 2 rings (SSSR count). The molecular weight excluding hydrogens is 268 g/mol. The topological polar surface area (TPSA) is 92.9 Å². The number of nitrogen functional groups attached to an aromatic ring is 1. The van der Waals surface area contributed by atoms with Crippen molar-refractivity contribution in [3.63, 3.8) is 0 Å². The maximum Gasteiger partial charge on any atom is 0.330 e. The standard InChI is InChI=1S/C15H26N4O2/c1-4-7-19-13(16)12(14(20)18-15(19)21)17-11-6-5-9(2)10(3)8-11/h9-11,17H,4-8,16H2,1-3H3,(H,18,20,21). The average molecular weight is 294 g/mol. The first-order chi connectivity index (χ1) is 9.93. The molecule has 1 fully saturated rings. The highest BCUT2D eigenvalue weighted by Gasteiger charge is 2.26. The molecule has 0 amide bonds. The maximum atomic E-state index is 12.0. The molecule has 4 N–H and O–H groups in total. The number of hydrogen-bond donors (Lipinski definition) is 3. The molecule has 21 heavy (non-hydrogen) atoms. The van der Waals surface area contributed by atoms with Gasteiger partial charge in [0.1, 0.15) is 11.5 Å². The van der Waals surface area contributed by atoms with Gasteiger partial charge in [0.15, 0.2) is 0 Å². The quantitative estimate of drug-likeness (QED) is 0.789. The number of aromatic amines is 1. The van der Waals surface area contributed by atoms with Crippen molar-refractivity contribution in [3.05, 3.63) is 20.8 Å². The fourth-order valence-electron chi connectivity index (χ4n) is 3.06. The van der Waals surface area contributed by atoms with E-state index in [-0.39, 0.29) is 11.9 Å². The van der Waals surface area contributed by atoms with Gasteiger partial charge in [0, 0.05) is 12.6 Å². The fraction of sp³-hybridized carbons (Fsp3) is 0.733. The van der Waals surface area contributed by atoms with Crippen molar-refractivity contribution in [1.82, 2.24) is 9.55 Å². The van der Waals surface area contributed by atoms with E-state index in [0.29, 0.717) is 24.1 Å². The minimum Gasteiger partial charge on any atom is -0.383 e. The summed E-state index contributed by atoms with van der Waals surface area (Å²) in [6.07, 6.45) is 3.98. The van der Waals surface area contributed by atoms with Crippen LogP contribution in [0.2, 0.25) is 0 Å². The zero-order valence-electron chi connectivity index (χ0n) is 13.1. The smallest absolute Gasteiger partial charge is 0.330 e. The Balaban J connectivity index is 2.26. The highest BCUT2D eigenvalue weighted by Crippen LogP contribution is 2.31. The third-order valence-corrected chi connectivity index (χ3v) is 4.63. The van der Waals surface area contributed by atoms with Crippen molar-refractivity contribution < 1.29 is 0 Å². The summed E-state index contributed by atoms with van der Waals surface area (Å²) in [5.41, 5.74) is 5.52. The Morgan fingerprint density at radius 2 is 2.00 bits per heavy atom. The lowest BCUT2D eigenvalue weighted by Gasteiger charge is -2.33. The number of rotatable bonds is 4. The Morgan fingerprint density at radius 3 is 2.62 bits per heavy atom. The van der Waals surface area contributed by atoms with Crippen molar-refractivity contribution >= 4 is 11.5 Å². The van der Waals surface area contributed by atoms with Crippen molar-refractivity contribution in [2.75, 3.05) is 11.1 Å². The molecule has 3 atom stereocenters. The van der Waals surface area contributed by atoms with Crippen LogP contribution in [0.15, 0.2) is 9.59 Å². The van der Waals surface area contributed by atoms with Gasteiger partial charge >= 0.3 is 5.69 Å². The Labute approximate surface area is 124 Å². The number of hydrogen-bond acceptors (Lipinski definition) is 4. The summed E-state index contributed by atoms with van der Waals surface area (Å²) >= 11 is 0. The molecule has 0 bridgehead atoms. The van der Waals surface area contributed by atoms with Crippen LogP contribution in [0.3, 0.4) is 0 Å². The molecule has 0 radical (unpaired) electrons. The van der Waals surface area contributed by atoms with Crippen molar-refractivity contribution in [2.24, 2.45) is 11.8 Å². The highest BCUT2D eigenvalue weighted by molar-refractivity contribution is 5.60. The summed E-state index contributed by atoms with van der Waals surface area (Å²) in [6, 6.07) is 0.243. The molecule has 1 aromatic rings. The van der Waals surface area contributed by atoms with Gasteiger partial charge in [-0.3, -0.25) is 14.3 Å². The number of aromatic nitrogens is 2. The molecule has 6 nitrogen and oxygen atoms in total. The molecule has 1 heterocycles. The lowest BCUT2D eigenvalue weighted by molar-refractivity contribution is 0.261. The van der Waals surface area contributed by atoms with E-state index >= 15 is 0 Å². The predicted molar refractivity (Wildman–Crippen MR) is 85.6 cm³/mol. The minimum absolute atomic E-state index is 0.243. The SMILES string of the molecule is CCCn1c(N)c(NC2CCC(C)C(C)C2)c(=O)[nH]c1=O. The zero-order chi connectivity index (χ0) is 15.6. The van der Waals surface area contributed by atoms with Gasteiger partial charge in [-0.25, -0.2) is 4.79 Å². The van der Waals surface area contributed by atoms with Crippen LogP contribution in [0, 0.1) is 11.8 Å². The number of nitrogens with one attached hydrogen (secondary N) is 2. The van der Waals surface area contributed by atoms with Crippen LogP contribution in [0.5, 0.6) is 0 Å². The molecule has 3 unspecified atom stereocenters. The van der Waals surface area contributed by atoms with Gasteiger partial charge in [0.25, 0.3) is 5.56 Å². The lowest BCUT2D eigenvalue weighted by Crippen LogP contribution is -2.37. The molecule has 6 heteroatoms. The van der Waals surface area contributed by atoms with Crippen LogP contribution in [-0.2, 0) is 6.54 Å². The fourth-order valence-corrected chi connectivity index (χ4v) is 3.06. The van der Waals surface area contributed by atoms with Gasteiger partial charge in [-0.2, -0.15) is 0 Å². The summed E-state index contributed by atoms with van der Waals surface area (Å²) < 4.78 is 1.43. The van der Waals surface area contributed by atoms with Gasteiger partial charge in [-0.15, -0.1) is 0 Å². The van der Waals surface area contributed by atoms with E-state index in [2.05, 4.69) is 24.1 Å². The number of anilines is 2. The molecule has 118 valence electrons. The van der Waals surface area contributed by atoms with Gasteiger partial charge < -0.3 is 11.1 Å². The molecular formula is C15H26N4O2. The molecule has 0 saturated heterocycles. The van der Waals surface area contributed by atoms with Crippen LogP contribution in [0.25, 0.3) is 0 Å². The van der Waals surface area contributed by atoms with E-state index in [4.69, 9.17) is 5.73 Å². The van der Waals surface area contributed by atoms with Crippen LogP contribution >= 0.6 is 0 Å². The first kappa shape index (κ1) is 15.7. The molecule has 0 spiro atoms. The largest absolute Gasteiger partial charge is 0.383 e. The molecule has 1 aliphatic carbocycles. The summed E-state index contributed by atoms with van der Waals surface area (Å²) in [5.74, 6) is 1.59. The number of H-pyrrole nitrogens is 1. The molecule has 1 saturated carbocycles. The van der Waals surface area contributed by atoms with Gasteiger partial charge in [-0.05, 0) is 37.5 Å². The van der Waals surface area contributed by atoms with E-state index in [1.165, 1.54) is 4.57 Å². The molecule has 0 aromatic carbocycles. The second kappa shape index (κ2) is 6.37. The minimum atomic E-state index is -0.435. The monoisotopic (exact) mass is 294 g/mol. The summed E-state index contributed by atoms with van der Waals surface area (Å²) in [4.78, 5) is 26.2. The van der Waals surface area contributed by atoms with Crippen molar-refractivity contribution in [1.29, 1.82) is 0 Å². The Bertz CT molecular complexity index is 605. The Hall–Kier alpha value is -1.72. The Morgan fingerprint density at radius 1 is 1.29 bits per heavy atom. The zero-order valence-corrected chi connectivity index (χ0v) is 13.1. The van der Waals surface area contributed by atoms with Crippen LogP contribution in [0.1, 0.15) is 46.5 Å². The first-order valence-electron chi connectivity index (χ1n) is 7.83. The van der Waals surface area contributed by atoms with E-state index in [1.54, 1.807) is 0 Å². The predicted octanol–water partition coefficient (Wildman–Crippen LogP) is 1.77. The summed E-state index contributed by atoms with van der Waals surface area (Å²) in [7, 11) is 0. The maximum absolute atomic E-state index is 12.0. The lowest BCUT2D eigenvalue weighted by atomic mass is 9.79. The van der Waals surface area contributed by atoms with Crippen LogP contribution in [-0.4, -0.2) is 15.6 Å². The van der Waals surface area contributed by atoms with Gasteiger partial charge in [0.05, 0.1) is 0 Å². The third kappa shape index (κ3) is 3.31.